The molecule has 1 atom stereocenters. The van der Waals surface area contributed by atoms with Gasteiger partial charge in [-0.2, -0.15) is 0 Å². The molecule has 2 rings (SSSR count). The Kier molecular flexibility index (Phi) is 2.83. The summed E-state index contributed by atoms with van der Waals surface area (Å²) in [6.45, 7) is 2.29. The summed E-state index contributed by atoms with van der Waals surface area (Å²) in [4.78, 5) is 4.31. The average Bonchev–Trinajstić information content (AvgIpc) is 2.26. The second kappa shape index (κ2) is 4.28. The number of fused-ring (bicyclic) bond motifs is 1. The molecule has 1 aromatic heterocycles. The molecule has 1 heterocycles. The van der Waals surface area contributed by atoms with Crippen molar-refractivity contribution in [2.24, 2.45) is 0 Å². The van der Waals surface area contributed by atoms with Gasteiger partial charge in [0.15, 0.2) is 0 Å². The minimum Gasteiger partial charge on any atom is -0.392 e. The summed E-state index contributed by atoms with van der Waals surface area (Å²) in [7, 11) is 0. The van der Waals surface area contributed by atoms with Crippen molar-refractivity contribution in [3.05, 3.63) is 36.5 Å². The fourth-order valence-corrected chi connectivity index (χ4v) is 1.50. The van der Waals surface area contributed by atoms with E-state index in [2.05, 4.69) is 10.3 Å². The summed E-state index contributed by atoms with van der Waals surface area (Å²) in [6, 6.07) is 9.92. The highest BCUT2D eigenvalue weighted by molar-refractivity contribution is 5.90. The quantitative estimate of drug-likeness (QED) is 0.800. The van der Waals surface area contributed by atoms with Gasteiger partial charge in [0.05, 0.1) is 17.3 Å². The van der Waals surface area contributed by atoms with Gasteiger partial charge in [-0.3, -0.25) is 4.98 Å². The first-order chi connectivity index (χ1) is 7.27. The van der Waals surface area contributed by atoms with E-state index in [4.69, 9.17) is 0 Å². The molecule has 78 valence electrons. The van der Waals surface area contributed by atoms with Crippen LogP contribution in [-0.4, -0.2) is 22.7 Å². The Morgan fingerprint density at radius 3 is 2.93 bits per heavy atom. The minimum absolute atomic E-state index is 0.357. The molecule has 0 bridgehead atoms. The Morgan fingerprint density at radius 2 is 2.13 bits per heavy atom. The lowest BCUT2D eigenvalue weighted by Gasteiger charge is -2.10. The van der Waals surface area contributed by atoms with Crippen molar-refractivity contribution in [2.45, 2.75) is 13.0 Å². The number of hydrogen-bond donors (Lipinski definition) is 2. The van der Waals surface area contributed by atoms with Gasteiger partial charge in [-0.05, 0) is 19.1 Å². The summed E-state index contributed by atoms with van der Waals surface area (Å²) < 4.78 is 0. The van der Waals surface area contributed by atoms with Gasteiger partial charge in [0.1, 0.15) is 0 Å². The van der Waals surface area contributed by atoms with Crippen molar-refractivity contribution >= 4 is 16.6 Å². The number of aliphatic hydroxyl groups excluding tert-OH is 1. The highest BCUT2D eigenvalue weighted by atomic mass is 16.3. The Balaban J connectivity index is 2.34. The van der Waals surface area contributed by atoms with Gasteiger partial charge in [-0.1, -0.05) is 18.2 Å². The van der Waals surface area contributed by atoms with Gasteiger partial charge in [-0.25, -0.2) is 0 Å². The van der Waals surface area contributed by atoms with E-state index in [1.807, 2.05) is 30.3 Å². The summed E-state index contributed by atoms with van der Waals surface area (Å²) in [5.74, 6) is 0. The molecule has 0 saturated heterocycles. The number of para-hydroxylation sites is 1. The Morgan fingerprint density at radius 1 is 1.33 bits per heavy atom. The van der Waals surface area contributed by atoms with Gasteiger partial charge in [0.25, 0.3) is 0 Å². The molecule has 3 heteroatoms. The number of anilines is 1. The lowest BCUT2D eigenvalue weighted by atomic mass is 10.2. The molecule has 1 unspecified atom stereocenters. The van der Waals surface area contributed by atoms with E-state index in [-0.39, 0.29) is 6.10 Å². The third-order valence-electron chi connectivity index (χ3n) is 2.22. The fourth-order valence-electron chi connectivity index (χ4n) is 1.50. The third kappa shape index (κ3) is 2.25. The first-order valence-corrected chi connectivity index (χ1v) is 5.03. The van der Waals surface area contributed by atoms with E-state index < -0.39 is 0 Å². The van der Waals surface area contributed by atoms with Gasteiger partial charge >= 0.3 is 0 Å². The van der Waals surface area contributed by atoms with Crippen LogP contribution in [0, 0.1) is 0 Å². The van der Waals surface area contributed by atoms with Crippen LogP contribution in [0.3, 0.4) is 0 Å². The predicted octanol–water partition coefficient (Wildman–Crippen LogP) is 2.03. The molecule has 0 spiro atoms. The van der Waals surface area contributed by atoms with Crippen molar-refractivity contribution in [3.8, 4) is 0 Å². The zero-order valence-corrected chi connectivity index (χ0v) is 8.64. The number of aliphatic hydroxyl groups is 1. The SMILES string of the molecule is CC(O)CNc1cccc2cccnc12. The van der Waals surface area contributed by atoms with E-state index in [9.17, 15) is 5.11 Å². The fraction of sp³-hybridized carbons (Fsp3) is 0.250. The highest BCUT2D eigenvalue weighted by Gasteiger charge is 2.01. The van der Waals surface area contributed by atoms with Crippen molar-refractivity contribution < 1.29 is 5.11 Å². The molecule has 0 radical (unpaired) electrons. The van der Waals surface area contributed by atoms with E-state index >= 15 is 0 Å². The van der Waals surface area contributed by atoms with Crippen molar-refractivity contribution in [2.75, 3.05) is 11.9 Å². The van der Waals surface area contributed by atoms with Gasteiger partial charge in [-0.15, -0.1) is 0 Å². The number of rotatable bonds is 3. The van der Waals surface area contributed by atoms with Crippen LogP contribution in [0.4, 0.5) is 5.69 Å². The second-order valence-corrected chi connectivity index (χ2v) is 3.61. The second-order valence-electron chi connectivity index (χ2n) is 3.61. The van der Waals surface area contributed by atoms with Crippen LogP contribution in [0.5, 0.6) is 0 Å². The van der Waals surface area contributed by atoms with Crippen LogP contribution in [0.25, 0.3) is 10.9 Å². The molecule has 15 heavy (non-hydrogen) atoms. The molecule has 0 fully saturated rings. The van der Waals surface area contributed by atoms with Crippen LogP contribution in [0.1, 0.15) is 6.92 Å². The average molecular weight is 202 g/mol. The number of nitrogens with zero attached hydrogens (tertiary/aromatic N) is 1. The van der Waals surface area contributed by atoms with Gasteiger partial charge in [0, 0.05) is 18.1 Å². The first kappa shape index (κ1) is 9.93. The Labute approximate surface area is 88.8 Å². The van der Waals surface area contributed by atoms with Crippen molar-refractivity contribution in [1.82, 2.24) is 4.98 Å². The molecular formula is C12H14N2O. The number of benzene rings is 1. The van der Waals surface area contributed by atoms with E-state index in [0.29, 0.717) is 6.54 Å². The maximum absolute atomic E-state index is 9.20. The highest BCUT2D eigenvalue weighted by Crippen LogP contribution is 2.20. The molecule has 0 aliphatic carbocycles. The Bertz CT molecular complexity index is 449. The third-order valence-corrected chi connectivity index (χ3v) is 2.22. The predicted molar refractivity (Wildman–Crippen MR) is 61.9 cm³/mol. The first-order valence-electron chi connectivity index (χ1n) is 5.03. The standard InChI is InChI=1S/C12H14N2O/c1-9(15)8-14-11-6-2-4-10-5-3-7-13-12(10)11/h2-7,9,14-15H,8H2,1H3. The van der Waals surface area contributed by atoms with Gasteiger partial charge in [0.2, 0.25) is 0 Å². The van der Waals surface area contributed by atoms with Crippen LogP contribution >= 0.6 is 0 Å². The number of nitrogens with one attached hydrogen (secondary N) is 1. The van der Waals surface area contributed by atoms with Gasteiger partial charge < -0.3 is 10.4 Å². The zero-order chi connectivity index (χ0) is 10.7. The van der Waals surface area contributed by atoms with Crippen LogP contribution in [0.2, 0.25) is 0 Å². The molecule has 2 N–H and O–H groups in total. The molecule has 3 nitrogen and oxygen atoms in total. The molecule has 0 aliphatic heterocycles. The van der Waals surface area contributed by atoms with Crippen LogP contribution in [0.15, 0.2) is 36.5 Å². The maximum atomic E-state index is 9.20. The lowest BCUT2D eigenvalue weighted by molar-refractivity contribution is 0.208. The Hall–Kier alpha value is -1.61. The zero-order valence-electron chi connectivity index (χ0n) is 8.64. The normalized spacial score (nSPS) is 12.7. The molecule has 0 amide bonds. The van der Waals surface area contributed by atoms with Crippen LogP contribution in [-0.2, 0) is 0 Å². The minimum atomic E-state index is -0.357. The number of hydrogen-bond acceptors (Lipinski definition) is 3. The number of pyridine rings is 1. The van der Waals surface area contributed by atoms with E-state index in [1.165, 1.54) is 0 Å². The smallest absolute Gasteiger partial charge is 0.0933 e. The van der Waals surface area contributed by atoms with E-state index in [1.54, 1.807) is 13.1 Å². The maximum Gasteiger partial charge on any atom is 0.0933 e. The topological polar surface area (TPSA) is 45.1 Å². The largest absolute Gasteiger partial charge is 0.392 e. The van der Waals surface area contributed by atoms with Crippen molar-refractivity contribution in [3.63, 3.8) is 0 Å². The monoisotopic (exact) mass is 202 g/mol. The molecule has 2 aromatic rings. The van der Waals surface area contributed by atoms with E-state index in [0.717, 1.165) is 16.6 Å². The molecule has 1 aromatic carbocycles. The summed E-state index contributed by atoms with van der Waals surface area (Å²) in [6.07, 6.45) is 1.42. The van der Waals surface area contributed by atoms with Crippen molar-refractivity contribution in [1.29, 1.82) is 0 Å². The summed E-state index contributed by atoms with van der Waals surface area (Å²) in [5.41, 5.74) is 1.91. The lowest BCUT2D eigenvalue weighted by Crippen LogP contribution is -2.15. The number of aromatic nitrogens is 1. The van der Waals surface area contributed by atoms with Crippen LogP contribution < -0.4 is 5.32 Å². The summed E-state index contributed by atoms with van der Waals surface area (Å²) >= 11 is 0. The molecule has 0 aliphatic rings. The summed E-state index contributed by atoms with van der Waals surface area (Å²) in [5, 5.41) is 13.5. The molecule has 0 saturated carbocycles. The molecular weight excluding hydrogens is 188 g/mol.